The Morgan fingerprint density at radius 3 is 1.23 bits per heavy atom. The first-order valence-electron chi connectivity index (χ1n) is 6.42. The molecule has 0 saturated heterocycles. The van der Waals surface area contributed by atoms with Crippen LogP contribution in [0.5, 0.6) is 0 Å². The second kappa shape index (κ2) is 7.44. The summed E-state index contributed by atoms with van der Waals surface area (Å²) in [5.41, 5.74) is 0. The molecule has 182 valence electrons. The number of hydrogen-bond donors (Lipinski definition) is 0. The third kappa shape index (κ3) is 4.12. The normalized spacial score (nSPS) is 16.3. The zero-order valence-corrected chi connectivity index (χ0v) is 14.3. The van der Waals surface area contributed by atoms with Crippen molar-refractivity contribution in [2.75, 3.05) is 12.9 Å². The molecule has 0 saturated carbocycles. The molecule has 0 fully saturated rings. The molecule has 0 unspecified atom stereocenters. The summed E-state index contributed by atoms with van der Waals surface area (Å²) < 4.78 is 230. The van der Waals surface area contributed by atoms with Gasteiger partial charge in [-0.05, 0) is 0 Å². The number of rotatable bonds is 10. The van der Waals surface area contributed by atoms with E-state index in [1.807, 2.05) is 0 Å². The minimum atomic E-state index is -8.53. The predicted octanol–water partition coefficient (Wildman–Crippen LogP) is 4.67. The first-order valence-corrected chi connectivity index (χ1v) is 8.24. The van der Waals surface area contributed by atoms with Crippen LogP contribution in [0.15, 0.2) is 0 Å². The molecule has 0 spiro atoms. The number of hydrogen-bond acceptors (Lipinski definition) is 3. The van der Waals surface area contributed by atoms with Crippen molar-refractivity contribution in [3.05, 3.63) is 0 Å². The van der Waals surface area contributed by atoms with Crippen LogP contribution in [-0.2, 0) is 14.3 Å². The summed E-state index contributed by atoms with van der Waals surface area (Å²) in [7, 11) is -5.18. The lowest BCUT2D eigenvalue weighted by atomic mass is 9.89. The second-order valence-corrected chi connectivity index (χ2v) is 7.11. The van der Waals surface area contributed by atoms with Crippen molar-refractivity contribution in [3.8, 4) is 0 Å². The molecular formula is C10H6F16O3S. The maximum Gasteiger partial charge on any atom is 0.384 e. The molecule has 0 aliphatic heterocycles. The van der Waals surface area contributed by atoms with E-state index in [0.29, 0.717) is 0 Å². The van der Waals surface area contributed by atoms with Gasteiger partial charge in [0.15, 0.2) is 0 Å². The Kier molecular flexibility index (Phi) is 7.14. The number of alkyl halides is 16. The average molecular weight is 510 g/mol. The predicted molar refractivity (Wildman–Crippen MR) is 61.4 cm³/mol. The Morgan fingerprint density at radius 2 is 0.933 bits per heavy atom. The molecule has 0 radical (unpaired) electrons. The minimum Gasteiger partial charge on any atom is -0.264 e. The van der Waals surface area contributed by atoms with Crippen LogP contribution in [0.4, 0.5) is 70.2 Å². The first kappa shape index (κ1) is 28.8. The number of halogens is 16. The zero-order valence-electron chi connectivity index (χ0n) is 13.5. The van der Waals surface area contributed by atoms with Crippen LogP contribution < -0.4 is 0 Å². The van der Waals surface area contributed by atoms with Crippen molar-refractivity contribution in [2.45, 2.75) is 47.9 Å². The van der Waals surface area contributed by atoms with Crippen LogP contribution in [0, 0.1) is 0 Å². The van der Waals surface area contributed by atoms with Crippen molar-refractivity contribution in [2.24, 2.45) is 0 Å². The molecule has 0 rings (SSSR count). The van der Waals surface area contributed by atoms with Crippen LogP contribution >= 0.6 is 0 Å². The molecule has 0 amide bonds. The molecule has 0 bridgehead atoms. The first-order chi connectivity index (χ1) is 12.7. The third-order valence-corrected chi connectivity index (χ3v) is 3.73. The molecule has 0 aliphatic carbocycles. The van der Waals surface area contributed by atoms with Crippen molar-refractivity contribution in [1.82, 2.24) is 0 Å². The minimum absolute atomic E-state index is 0.158. The van der Waals surface area contributed by atoms with Gasteiger partial charge < -0.3 is 0 Å². The van der Waals surface area contributed by atoms with E-state index in [0.717, 1.165) is 0 Å². The van der Waals surface area contributed by atoms with Gasteiger partial charge in [-0.3, -0.25) is 4.18 Å². The molecule has 0 aliphatic rings. The summed E-state index contributed by atoms with van der Waals surface area (Å²) >= 11 is 0. The lowest BCUT2D eigenvalue weighted by Crippen LogP contribution is -2.74. The van der Waals surface area contributed by atoms with Gasteiger partial charge in [-0.2, -0.15) is 69.9 Å². The molecule has 0 atom stereocenters. The Balaban J connectivity index is 6.52. The van der Waals surface area contributed by atoms with Crippen LogP contribution in [0.25, 0.3) is 0 Å². The standard InChI is InChI=1S/C10H6F16O3S/c1-30(27,28)29-2-4(13,14)6(17,18)8(21,22)10(25,26)9(23,24)7(19,20)5(15,16)3(11)12/h3H,2H2,1H3. The Hall–Kier alpha value is -1.21. The van der Waals surface area contributed by atoms with Crippen molar-refractivity contribution in [1.29, 1.82) is 0 Å². The van der Waals surface area contributed by atoms with Crippen molar-refractivity contribution < 1.29 is 82.8 Å². The van der Waals surface area contributed by atoms with E-state index in [2.05, 4.69) is 4.18 Å². The van der Waals surface area contributed by atoms with Crippen molar-refractivity contribution in [3.63, 3.8) is 0 Å². The molecule has 0 N–H and O–H groups in total. The summed E-state index contributed by atoms with van der Waals surface area (Å²) in [6.07, 6.45) is -6.08. The highest BCUT2D eigenvalue weighted by molar-refractivity contribution is 7.85. The van der Waals surface area contributed by atoms with E-state index < -0.39 is 64.6 Å². The van der Waals surface area contributed by atoms with Gasteiger partial charge in [0.25, 0.3) is 10.1 Å². The van der Waals surface area contributed by atoms with E-state index in [-0.39, 0.29) is 6.26 Å². The monoisotopic (exact) mass is 510 g/mol. The van der Waals surface area contributed by atoms with Gasteiger partial charge in [0.2, 0.25) is 0 Å². The molecule has 0 heterocycles. The quantitative estimate of drug-likeness (QED) is 0.317. The largest absolute Gasteiger partial charge is 0.384 e. The van der Waals surface area contributed by atoms with Crippen LogP contribution in [0.3, 0.4) is 0 Å². The summed E-state index contributed by atoms with van der Waals surface area (Å²) in [5, 5.41) is 0. The Bertz CT molecular complexity index is 728. The highest BCUT2D eigenvalue weighted by Crippen LogP contribution is 2.62. The fourth-order valence-corrected chi connectivity index (χ4v) is 1.80. The van der Waals surface area contributed by atoms with E-state index in [4.69, 9.17) is 0 Å². The van der Waals surface area contributed by atoms with E-state index in [1.54, 1.807) is 0 Å². The van der Waals surface area contributed by atoms with E-state index in [1.165, 1.54) is 0 Å². The van der Waals surface area contributed by atoms with Crippen LogP contribution in [0.2, 0.25) is 0 Å². The summed E-state index contributed by atoms with van der Waals surface area (Å²) in [6, 6.07) is 0. The summed E-state index contributed by atoms with van der Waals surface area (Å²) in [4.78, 5) is 0. The van der Waals surface area contributed by atoms with E-state index in [9.17, 15) is 78.7 Å². The van der Waals surface area contributed by atoms with Gasteiger partial charge in [0.05, 0.1) is 6.26 Å². The lowest BCUT2D eigenvalue weighted by molar-refractivity contribution is -0.447. The van der Waals surface area contributed by atoms with Crippen molar-refractivity contribution >= 4 is 10.1 Å². The highest BCUT2D eigenvalue weighted by atomic mass is 32.2. The maximum atomic E-state index is 13.3. The Morgan fingerprint density at radius 1 is 0.633 bits per heavy atom. The highest BCUT2D eigenvalue weighted by Gasteiger charge is 2.93. The summed E-state index contributed by atoms with van der Waals surface area (Å²) in [5.74, 6) is -55.7. The van der Waals surface area contributed by atoms with E-state index >= 15 is 0 Å². The third-order valence-electron chi connectivity index (χ3n) is 3.18. The van der Waals surface area contributed by atoms with Crippen LogP contribution in [0.1, 0.15) is 0 Å². The SMILES string of the molecule is CS(=O)(=O)OCC(F)(F)C(F)(F)C(F)(F)C(F)(F)C(F)(F)C(F)(F)C(F)(F)C(F)F. The van der Waals surface area contributed by atoms with Gasteiger partial charge in [0, 0.05) is 0 Å². The molecule has 30 heavy (non-hydrogen) atoms. The zero-order chi connectivity index (χ0) is 25.0. The smallest absolute Gasteiger partial charge is 0.264 e. The van der Waals surface area contributed by atoms with Crippen LogP contribution in [-0.4, -0.2) is 69.2 Å². The molecule has 20 heteroatoms. The van der Waals surface area contributed by atoms with Gasteiger partial charge in [-0.15, -0.1) is 0 Å². The topological polar surface area (TPSA) is 43.4 Å². The average Bonchev–Trinajstić information content (AvgIpc) is 2.51. The maximum absolute atomic E-state index is 13.3. The molecule has 0 aromatic carbocycles. The fraction of sp³-hybridized carbons (Fsp3) is 1.00. The lowest BCUT2D eigenvalue weighted by Gasteiger charge is -2.42. The Labute approximate surface area is 155 Å². The molecular weight excluding hydrogens is 504 g/mol. The van der Waals surface area contributed by atoms with Gasteiger partial charge in [0.1, 0.15) is 6.61 Å². The van der Waals surface area contributed by atoms with Gasteiger partial charge in [-0.25, -0.2) is 8.78 Å². The second-order valence-electron chi connectivity index (χ2n) is 5.47. The molecule has 3 nitrogen and oxygen atoms in total. The fourth-order valence-electron chi connectivity index (χ4n) is 1.44. The van der Waals surface area contributed by atoms with Gasteiger partial charge in [-0.1, -0.05) is 0 Å². The molecule has 0 aromatic heterocycles. The van der Waals surface area contributed by atoms with Gasteiger partial charge >= 0.3 is 47.9 Å². The summed E-state index contributed by atoms with van der Waals surface area (Å²) in [6.45, 7) is -3.42. The molecule has 0 aromatic rings.